The Labute approximate surface area is 179 Å². The Bertz CT molecular complexity index is 1220. The number of aromatic nitrogens is 1. The average Bonchev–Trinajstić information content (AvgIpc) is 2.95. The Balaban J connectivity index is 0.00000300. The number of thiazole rings is 1. The van der Waals surface area contributed by atoms with Gasteiger partial charge in [0.25, 0.3) is 0 Å². The zero-order valence-electron chi connectivity index (χ0n) is 14.6. The van der Waals surface area contributed by atoms with Gasteiger partial charge in [-0.05, 0) is 30.3 Å². The first-order valence-corrected chi connectivity index (χ1v) is 10.5. The third kappa shape index (κ3) is 5.20. The van der Waals surface area contributed by atoms with Crippen molar-refractivity contribution in [1.29, 1.82) is 0 Å². The molecule has 0 aliphatic carbocycles. The van der Waals surface area contributed by atoms with Crippen LogP contribution in [0.2, 0.25) is 5.02 Å². The van der Waals surface area contributed by atoms with E-state index < -0.39 is 21.8 Å². The number of primary sulfonamides is 1. The van der Waals surface area contributed by atoms with Crippen LogP contribution in [0.3, 0.4) is 0 Å². The lowest BCUT2D eigenvalue weighted by Crippen LogP contribution is -2.14. The van der Waals surface area contributed by atoms with E-state index in [2.05, 4.69) is 4.99 Å². The van der Waals surface area contributed by atoms with Gasteiger partial charge in [0.05, 0.1) is 22.0 Å². The molecule has 0 spiro atoms. The molecule has 0 saturated heterocycles. The number of hydrogen-bond acceptors (Lipinski definition) is 4. The Morgan fingerprint density at radius 2 is 1.86 bits per heavy atom. The highest BCUT2D eigenvalue weighted by molar-refractivity contribution is 7.89. The third-order valence-electron chi connectivity index (χ3n) is 3.86. The van der Waals surface area contributed by atoms with Gasteiger partial charge in [0.2, 0.25) is 10.0 Å². The zero-order valence-corrected chi connectivity index (χ0v) is 17.8. The monoisotopic (exact) mass is 483 g/mol. The molecular weight excluding hydrogens is 470 g/mol. The molecule has 0 amide bonds. The van der Waals surface area contributed by atoms with Crippen molar-refractivity contribution in [2.24, 2.45) is 17.2 Å². The van der Waals surface area contributed by atoms with Crippen molar-refractivity contribution in [3.8, 4) is 11.3 Å². The van der Waals surface area contributed by atoms with Crippen molar-refractivity contribution < 1.29 is 21.6 Å². The third-order valence-corrected chi connectivity index (χ3v) is 6.17. The van der Waals surface area contributed by atoms with Crippen LogP contribution in [-0.4, -0.2) is 13.0 Å². The largest absolute Gasteiger partial charge is 0.416 e. The van der Waals surface area contributed by atoms with Crippen LogP contribution in [0.15, 0.2) is 57.7 Å². The molecular formula is C17H14Cl2F3N3O2S2. The summed E-state index contributed by atoms with van der Waals surface area (Å²) in [6.07, 6.45) is -4.46. The van der Waals surface area contributed by atoms with Crippen LogP contribution in [0, 0.1) is 0 Å². The smallest absolute Gasteiger partial charge is 0.320 e. The minimum absolute atomic E-state index is 0. The van der Waals surface area contributed by atoms with Crippen molar-refractivity contribution in [3.63, 3.8) is 0 Å². The summed E-state index contributed by atoms with van der Waals surface area (Å²) in [5.41, 5.74) is 0.499. The maximum atomic E-state index is 12.9. The lowest BCUT2D eigenvalue weighted by Gasteiger charge is -2.07. The van der Waals surface area contributed by atoms with Gasteiger partial charge in [-0.1, -0.05) is 23.7 Å². The van der Waals surface area contributed by atoms with Crippen molar-refractivity contribution in [2.75, 3.05) is 0 Å². The molecule has 0 aliphatic heterocycles. The second-order valence-corrected chi connectivity index (χ2v) is 8.59. The molecule has 29 heavy (non-hydrogen) atoms. The second-order valence-electron chi connectivity index (χ2n) is 5.81. The van der Waals surface area contributed by atoms with Crippen LogP contribution in [0.4, 0.5) is 18.9 Å². The second kappa shape index (κ2) is 8.49. The van der Waals surface area contributed by atoms with E-state index in [9.17, 15) is 21.6 Å². The average molecular weight is 484 g/mol. The summed E-state index contributed by atoms with van der Waals surface area (Å²) < 4.78 is 63.6. The summed E-state index contributed by atoms with van der Waals surface area (Å²) in [5.74, 6) is 0. The van der Waals surface area contributed by atoms with Crippen LogP contribution in [0.1, 0.15) is 5.56 Å². The summed E-state index contributed by atoms with van der Waals surface area (Å²) in [6.45, 7) is 0. The summed E-state index contributed by atoms with van der Waals surface area (Å²) in [4.78, 5) is 4.48. The molecule has 5 nitrogen and oxygen atoms in total. The fourth-order valence-corrected chi connectivity index (χ4v) is 4.47. The first-order chi connectivity index (χ1) is 13.0. The molecule has 0 atom stereocenters. The standard InChI is InChI=1S/C17H13ClF3N3O2S2.ClH/c1-24-14(10-5-6-13(18)15(7-10)28(22,25)26)9-27-16(24)23-12-4-2-3-11(8-12)17(19,20)21;/h2-9H,1H3,(H2,22,25,26);1H/b23-16+;. The number of sulfonamides is 1. The fraction of sp³-hybridized carbons (Fsp3) is 0.118. The first-order valence-electron chi connectivity index (χ1n) is 7.66. The van der Waals surface area contributed by atoms with E-state index >= 15 is 0 Å². The highest BCUT2D eigenvalue weighted by Crippen LogP contribution is 2.31. The Hall–Kier alpha value is -1.85. The summed E-state index contributed by atoms with van der Waals surface area (Å²) >= 11 is 7.10. The van der Waals surface area contributed by atoms with Crippen LogP contribution in [0.25, 0.3) is 11.3 Å². The predicted molar refractivity (Wildman–Crippen MR) is 109 cm³/mol. The van der Waals surface area contributed by atoms with E-state index in [4.69, 9.17) is 16.7 Å². The molecule has 1 heterocycles. The van der Waals surface area contributed by atoms with Gasteiger partial charge in [-0.2, -0.15) is 13.2 Å². The van der Waals surface area contributed by atoms with Crippen molar-refractivity contribution >= 4 is 51.1 Å². The van der Waals surface area contributed by atoms with E-state index in [1.54, 1.807) is 23.1 Å². The van der Waals surface area contributed by atoms with Gasteiger partial charge in [-0.3, -0.25) is 0 Å². The van der Waals surface area contributed by atoms with E-state index in [0.29, 0.717) is 16.1 Å². The summed E-state index contributed by atoms with van der Waals surface area (Å²) in [5, 5.41) is 6.88. The molecule has 0 saturated carbocycles. The van der Waals surface area contributed by atoms with Gasteiger partial charge in [0.15, 0.2) is 4.80 Å². The van der Waals surface area contributed by atoms with Gasteiger partial charge in [-0.15, -0.1) is 23.7 Å². The normalized spacial score (nSPS) is 12.7. The summed E-state index contributed by atoms with van der Waals surface area (Å²) in [6, 6.07) is 9.06. The quantitative estimate of drug-likeness (QED) is 0.584. The number of rotatable bonds is 3. The lowest BCUT2D eigenvalue weighted by atomic mass is 10.2. The minimum Gasteiger partial charge on any atom is -0.320 e. The fourth-order valence-electron chi connectivity index (χ4n) is 2.48. The van der Waals surface area contributed by atoms with Gasteiger partial charge in [0.1, 0.15) is 4.90 Å². The van der Waals surface area contributed by atoms with Gasteiger partial charge in [0, 0.05) is 18.0 Å². The van der Waals surface area contributed by atoms with E-state index in [-0.39, 0.29) is 28.0 Å². The highest BCUT2D eigenvalue weighted by atomic mass is 35.5. The maximum Gasteiger partial charge on any atom is 0.416 e. The molecule has 2 aromatic carbocycles. The summed E-state index contributed by atoms with van der Waals surface area (Å²) in [7, 11) is -2.33. The number of hydrogen-bond donors (Lipinski definition) is 1. The van der Waals surface area contributed by atoms with E-state index in [0.717, 1.165) is 12.1 Å². The molecule has 2 N–H and O–H groups in total. The van der Waals surface area contributed by atoms with Crippen LogP contribution in [0.5, 0.6) is 0 Å². The Morgan fingerprint density at radius 3 is 2.48 bits per heavy atom. The Kier molecular flexibility index (Phi) is 6.86. The molecule has 12 heteroatoms. The van der Waals surface area contributed by atoms with E-state index in [1.807, 2.05) is 0 Å². The SMILES string of the molecule is Cl.Cn1c(-c2ccc(Cl)c(S(N)(=O)=O)c2)cs/c1=N/c1cccc(C(F)(F)F)c1. The maximum absolute atomic E-state index is 12.9. The van der Waals surface area contributed by atoms with Crippen LogP contribution < -0.4 is 9.94 Å². The Morgan fingerprint density at radius 1 is 1.17 bits per heavy atom. The highest BCUT2D eigenvalue weighted by Gasteiger charge is 2.30. The number of nitrogens with zero attached hydrogens (tertiary/aromatic N) is 2. The van der Waals surface area contributed by atoms with Crippen molar-refractivity contribution in [3.05, 3.63) is 63.2 Å². The first kappa shape index (κ1) is 23.4. The van der Waals surface area contributed by atoms with Crippen LogP contribution in [-0.2, 0) is 23.2 Å². The van der Waals surface area contributed by atoms with Crippen LogP contribution >= 0.6 is 35.3 Å². The van der Waals surface area contributed by atoms with Crippen molar-refractivity contribution in [2.45, 2.75) is 11.1 Å². The molecule has 156 valence electrons. The molecule has 1 aromatic heterocycles. The van der Waals surface area contributed by atoms with Gasteiger partial charge in [-0.25, -0.2) is 18.5 Å². The van der Waals surface area contributed by atoms with E-state index in [1.165, 1.54) is 35.6 Å². The molecule has 0 radical (unpaired) electrons. The zero-order chi connectivity index (χ0) is 20.7. The van der Waals surface area contributed by atoms with Crippen molar-refractivity contribution in [1.82, 2.24) is 4.57 Å². The number of halogens is 5. The molecule has 3 rings (SSSR count). The molecule has 0 fully saturated rings. The number of benzene rings is 2. The molecule has 0 unspecified atom stereocenters. The number of alkyl halides is 3. The molecule has 0 aliphatic rings. The van der Waals surface area contributed by atoms with Gasteiger partial charge >= 0.3 is 6.18 Å². The molecule has 3 aromatic rings. The van der Waals surface area contributed by atoms with Gasteiger partial charge < -0.3 is 4.57 Å². The minimum atomic E-state index is -4.46. The molecule has 0 bridgehead atoms. The number of nitrogens with two attached hydrogens (primary N) is 1. The lowest BCUT2D eigenvalue weighted by molar-refractivity contribution is -0.137. The topological polar surface area (TPSA) is 77.5 Å². The predicted octanol–water partition coefficient (Wildman–Crippen LogP) is 4.73.